The van der Waals surface area contributed by atoms with Crippen LogP contribution in [0.25, 0.3) is 0 Å². The summed E-state index contributed by atoms with van der Waals surface area (Å²) < 4.78 is 0.966. The second kappa shape index (κ2) is 8.42. The zero-order chi connectivity index (χ0) is 15.7. The molecule has 0 atom stereocenters. The summed E-state index contributed by atoms with van der Waals surface area (Å²) in [6.45, 7) is 10.2. The highest BCUT2D eigenvalue weighted by molar-refractivity contribution is 5.78. The standard InChI is InChI=1S/C12H18N.C6H9NO/c1-4-10-13(2,3)11-12-8-6-5-7-9-12;1-2-7-5-3-4-6(7)8/h4-9H,1,10-11H2,2-3H3;2H,1,3-5H2/q+1;. The number of amides is 1. The van der Waals surface area contributed by atoms with Crippen LogP contribution in [0.1, 0.15) is 18.4 Å². The van der Waals surface area contributed by atoms with Crippen molar-refractivity contribution in [2.24, 2.45) is 0 Å². The number of hydrogen-bond donors (Lipinski definition) is 0. The minimum atomic E-state index is 0.208. The van der Waals surface area contributed by atoms with Crippen LogP contribution in [0.4, 0.5) is 0 Å². The number of carbonyl (C=O) groups is 1. The van der Waals surface area contributed by atoms with Crippen LogP contribution in [-0.4, -0.2) is 42.5 Å². The summed E-state index contributed by atoms with van der Waals surface area (Å²) >= 11 is 0. The average Bonchev–Trinajstić information content (AvgIpc) is 2.85. The molecule has 0 aliphatic carbocycles. The van der Waals surface area contributed by atoms with Crippen LogP contribution in [0.3, 0.4) is 0 Å². The SMILES string of the molecule is C=CC[N+](C)(C)Cc1ccccc1.C=CN1CCCC1=O. The lowest BCUT2D eigenvalue weighted by atomic mass is 10.2. The predicted octanol–water partition coefficient (Wildman–Crippen LogP) is 3.20. The number of hydrogen-bond acceptors (Lipinski definition) is 1. The number of rotatable bonds is 5. The molecule has 1 aromatic rings. The molecule has 0 aromatic heterocycles. The lowest BCUT2D eigenvalue weighted by Gasteiger charge is -2.28. The van der Waals surface area contributed by atoms with Crippen LogP contribution in [0, 0.1) is 0 Å². The van der Waals surface area contributed by atoms with E-state index < -0.39 is 0 Å². The molecule has 0 spiro atoms. The minimum absolute atomic E-state index is 0.208. The lowest BCUT2D eigenvalue weighted by Crippen LogP contribution is -2.38. The van der Waals surface area contributed by atoms with E-state index in [9.17, 15) is 4.79 Å². The van der Waals surface area contributed by atoms with Gasteiger partial charge in [0.05, 0.1) is 20.6 Å². The van der Waals surface area contributed by atoms with E-state index in [4.69, 9.17) is 0 Å². The summed E-state index contributed by atoms with van der Waals surface area (Å²) in [7, 11) is 4.43. The third kappa shape index (κ3) is 6.41. The zero-order valence-electron chi connectivity index (χ0n) is 13.3. The largest absolute Gasteiger partial charge is 0.321 e. The maximum atomic E-state index is 10.7. The van der Waals surface area contributed by atoms with Crippen molar-refractivity contribution < 1.29 is 9.28 Å². The Morgan fingerprint density at radius 1 is 1.24 bits per heavy atom. The van der Waals surface area contributed by atoms with Crippen LogP contribution >= 0.6 is 0 Å². The number of quaternary nitrogens is 1. The van der Waals surface area contributed by atoms with Crippen LogP contribution in [0.5, 0.6) is 0 Å². The first-order valence-corrected chi connectivity index (χ1v) is 7.37. The van der Waals surface area contributed by atoms with Crippen molar-refractivity contribution in [1.29, 1.82) is 0 Å². The molecule has 1 saturated heterocycles. The number of nitrogens with zero attached hydrogens (tertiary/aromatic N) is 2. The van der Waals surface area contributed by atoms with Gasteiger partial charge >= 0.3 is 0 Å². The Morgan fingerprint density at radius 2 is 1.90 bits per heavy atom. The second-order valence-corrected chi connectivity index (χ2v) is 5.92. The molecular formula is C18H27N2O+. The van der Waals surface area contributed by atoms with E-state index >= 15 is 0 Å². The predicted molar refractivity (Wildman–Crippen MR) is 88.5 cm³/mol. The molecule has 114 valence electrons. The highest BCUT2D eigenvalue weighted by Crippen LogP contribution is 2.09. The molecule has 2 rings (SSSR count). The molecule has 3 heteroatoms. The van der Waals surface area contributed by atoms with Gasteiger partial charge < -0.3 is 9.38 Å². The van der Waals surface area contributed by atoms with Crippen molar-refractivity contribution in [3.63, 3.8) is 0 Å². The van der Waals surface area contributed by atoms with Gasteiger partial charge in [0.25, 0.3) is 0 Å². The van der Waals surface area contributed by atoms with Gasteiger partial charge in [0, 0.05) is 18.5 Å². The first-order valence-electron chi connectivity index (χ1n) is 7.37. The molecule has 1 aliphatic heterocycles. The molecule has 3 nitrogen and oxygen atoms in total. The van der Waals surface area contributed by atoms with E-state index in [0.29, 0.717) is 6.42 Å². The molecular weight excluding hydrogens is 260 g/mol. The fourth-order valence-electron chi connectivity index (χ4n) is 2.35. The quantitative estimate of drug-likeness (QED) is 0.601. The molecule has 0 radical (unpaired) electrons. The first kappa shape index (κ1) is 17.2. The summed E-state index contributed by atoms with van der Waals surface area (Å²) in [5.41, 5.74) is 1.38. The van der Waals surface area contributed by atoms with E-state index in [-0.39, 0.29) is 5.91 Å². The van der Waals surface area contributed by atoms with Crippen molar-refractivity contribution in [2.75, 3.05) is 27.2 Å². The monoisotopic (exact) mass is 287 g/mol. The van der Waals surface area contributed by atoms with E-state index in [1.165, 1.54) is 5.56 Å². The minimum Gasteiger partial charge on any atom is -0.321 e. The maximum absolute atomic E-state index is 10.7. The highest BCUT2D eigenvalue weighted by atomic mass is 16.2. The molecule has 1 amide bonds. The van der Waals surface area contributed by atoms with Gasteiger partial charge in [0.15, 0.2) is 0 Å². The summed E-state index contributed by atoms with van der Waals surface area (Å²) in [5, 5.41) is 0. The fourth-order valence-corrected chi connectivity index (χ4v) is 2.35. The Hall–Kier alpha value is -1.87. The van der Waals surface area contributed by atoms with Crippen LogP contribution in [0.15, 0.2) is 55.8 Å². The summed E-state index contributed by atoms with van der Waals surface area (Å²) in [4.78, 5) is 12.3. The Balaban J connectivity index is 0.000000235. The Bertz CT molecular complexity index is 465. The van der Waals surface area contributed by atoms with Crippen molar-refractivity contribution in [3.05, 3.63) is 61.3 Å². The van der Waals surface area contributed by atoms with E-state index in [0.717, 1.165) is 30.5 Å². The topological polar surface area (TPSA) is 20.3 Å². The van der Waals surface area contributed by atoms with Gasteiger partial charge in [0.1, 0.15) is 6.54 Å². The van der Waals surface area contributed by atoms with Crippen LogP contribution in [-0.2, 0) is 11.3 Å². The lowest BCUT2D eigenvalue weighted by molar-refractivity contribution is -0.897. The third-order valence-electron chi connectivity index (χ3n) is 3.41. The Kier molecular flexibility index (Phi) is 6.89. The second-order valence-electron chi connectivity index (χ2n) is 5.92. The van der Waals surface area contributed by atoms with Gasteiger partial charge in [0.2, 0.25) is 5.91 Å². The number of benzene rings is 1. The van der Waals surface area contributed by atoms with Crippen LogP contribution < -0.4 is 0 Å². The van der Waals surface area contributed by atoms with Crippen molar-refractivity contribution in [2.45, 2.75) is 19.4 Å². The number of carbonyl (C=O) groups excluding carboxylic acids is 1. The van der Waals surface area contributed by atoms with Crippen molar-refractivity contribution in [1.82, 2.24) is 4.90 Å². The van der Waals surface area contributed by atoms with Gasteiger partial charge in [-0.1, -0.05) is 43.5 Å². The smallest absolute Gasteiger partial charge is 0.226 e. The molecule has 0 bridgehead atoms. The van der Waals surface area contributed by atoms with Gasteiger partial charge in [-0.2, -0.15) is 0 Å². The van der Waals surface area contributed by atoms with Crippen molar-refractivity contribution >= 4 is 5.91 Å². The van der Waals surface area contributed by atoms with E-state index in [1.54, 1.807) is 11.1 Å². The summed E-state index contributed by atoms with van der Waals surface area (Å²) in [6.07, 6.45) is 5.26. The molecule has 1 aromatic carbocycles. The van der Waals surface area contributed by atoms with Gasteiger partial charge in [-0.3, -0.25) is 4.79 Å². The third-order valence-corrected chi connectivity index (χ3v) is 3.41. The average molecular weight is 287 g/mol. The van der Waals surface area contributed by atoms with Gasteiger partial charge in [-0.25, -0.2) is 0 Å². The van der Waals surface area contributed by atoms with Gasteiger partial charge in [-0.15, -0.1) is 0 Å². The van der Waals surface area contributed by atoms with Crippen molar-refractivity contribution in [3.8, 4) is 0 Å². The molecule has 0 unspecified atom stereocenters. The molecule has 1 fully saturated rings. The molecule has 0 N–H and O–H groups in total. The zero-order valence-corrected chi connectivity index (χ0v) is 13.3. The molecule has 21 heavy (non-hydrogen) atoms. The van der Waals surface area contributed by atoms with E-state index in [1.807, 2.05) is 6.08 Å². The molecule has 1 aliphatic rings. The Labute approximate surface area is 128 Å². The summed E-state index contributed by atoms with van der Waals surface area (Å²) in [5.74, 6) is 0.208. The van der Waals surface area contributed by atoms with E-state index in [2.05, 4.69) is 57.6 Å². The van der Waals surface area contributed by atoms with Gasteiger partial charge in [-0.05, 0) is 18.7 Å². The Morgan fingerprint density at radius 3 is 2.33 bits per heavy atom. The van der Waals surface area contributed by atoms with Crippen LogP contribution in [0.2, 0.25) is 0 Å². The molecule has 0 saturated carbocycles. The number of likely N-dealkylation sites (N-methyl/N-ethyl adjacent to an activating group) is 1. The number of likely N-dealkylation sites (tertiary alicyclic amines) is 1. The maximum Gasteiger partial charge on any atom is 0.226 e. The summed E-state index contributed by atoms with van der Waals surface area (Å²) in [6, 6.07) is 10.6. The normalized spacial score (nSPS) is 14.4. The first-order chi connectivity index (χ1) is 9.98. The fraction of sp³-hybridized carbons (Fsp3) is 0.389. The molecule has 1 heterocycles. The highest BCUT2D eigenvalue weighted by Gasteiger charge is 2.16.